The molecule has 7 heteroatoms. The fraction of sp³-hybridized carbons (Fsp3) is 0.474. The standard InChI is InChI=1S/C19H23N5O2/c1-14-11-17-21-22-18(13-26-16-7-4-8-20-12-16)24(17)10-9-23(14)19(25)15-5-2-3-6-15/h4-5,7-8,12,14H,2-3,6,9-11,13H2,1H3/t14-/m1/s1. The van der Waals surface area contributed by atoms with Crippen LogP contribution >= 0.6 is 0 Å². The molecule has 136 valence electrons. The van der Waals surface area contributed by atoms with E-state index in [9.17, 15) is 4.79 Å². The van der Waals surface area contributed by atoms with Gasteiger partial charge < -0.3 is 14.2 Å². The van der Waals surface area contributed by atoms with Gasteiger partial charge in [-0.2, -0.15) is 0 Å². The highest BCUT2D eigenvalue weighted by Crippen LogP contribution is 2.23. The molecular formula is C19H23N5O2. The van der Waals surface area contributed by atoms with Gasteiger partial charge in [0.25, 0.3) is 0 Å². The van der Waals surface area contributed by atoms with Crippen LogP contribution in [0.2, 0.25) is 0 Å². The van der Waals surface area contributed by atoms with E-state index in [4.69, 9.17) is 4.74 Å². The van der Waals surface area contributed by atoms with Crippen LogP contribution in [0, 0.1) is 0 Å². The van der Waals surface area contributed by atoms with Gasteiger partial charge in [-0.15, -0.1) is 10.2 Å². The maximum Gasteiger partial charge on any atom is 0.249 e. The number of fused-ring (bicyclic) bond motifs is 1. The molecule has 0 spiro atoms. The van der Waals surface area contributed by atoms with E-state index in [0.29, 0.717) is 31.9 Å². The van der Waals surface area contributed by atoms with Gasteiger partial charge in [0.05, 0.1) is 6.20 Å². The molecule has 3 heterocycles. The van der Waals surface area contributed by atoms with Crippen molar-refractivity contribution in [1.82, 2.24) is 24.6 Å². The molecule has 26 heavy (non-hydrogen) atoms. The Hall–Kier alpha value is -2.70. The Kier molecular flexibility index (Phi) is 4.69. The lowest BCUT2D eigenvalue weighted by Gasteiger charge is -2.27. The summed E-state index contributed by atoms with van der Waals surface area (Å²) in [5.41, 5.74) is 0.967. The van der Waals surface area contributed by atoms with Crippen molar-refractivity contribution in [3.8, 4) is 5.75 Å². The van der Waals surface area contributed by atoms with Crippen LogP contribution in [-0.4, -0.2) is 43.1 Å². The first-order valence-corrected chi connectivity index (χ1v) is 9.16. The normalized spacial score (nSPS) is 19.7. The third-order valence-electron chi connectivity index (χ3n) is 5.06. The number of carbonyl (C=O) groups excluding carboxylic acids is 1. The third kappa shape index (κ3) is 3.34. The minimum Gasteiger partial charge on any atom is -0.484 e. The largest absolute Gasteiger partial charge is 0.484 e. The summed E-state index contributed by atoms with van der Waals surface area (Å²) in [5, 5.41) is 8.62. The number of carbonyl (C=O) groups is 1. The molecule has 1 atom stereocenters. The number of rotatable bonds is 4. The molecule has 0 radical (unpaired) electrons. The van der Waals surface area contributed by atoms with Gasteiger partial charge in [-0.25, -0.2) is 0 Å². The fourth-order valence-electron chi connectivity index (χ4n) is 3.62. The number of aromatic nitrogens is 4. The van der Waals surface area contributed by atoms with E-state index in [1.165, 1.54) is 0 Å². The molecule has 2 aromatic heterocycles. The Morgan fingerprint density at radius 1 is 1.35 bits per heavy atom. The van der Waals surface area contributed by atoms with Gasteiger partial charge in [0.15, 0.2) is 5.82 Å². The third-order valence-corrected chi connectivity index (χ3v) is 5.06. The molecule has 0 N–H and O–H groups in total. The summed E-state index contributed by atoms with van der Waals surface area (Å²) in [5.74, 6) is 2.59. The zero-order chi connectivity index (χ0) is 17.9. The number of allylic oxidation sites excluding steroid dienone is 1. The predicted octanol–water partition coefficient (Wildman–Crippen LogP) is 2.14. The molecule has 1 aliphatic carbocycles. The van der Waals surface area contributed by atoms with Gasteiger partial charge in [0.2, 0.25) is 5.91 Å². The predicted molar refractivity (Wildman–Crippen MR) is 95.4 cm³/mol. The average molecular weight is 353 g/mol. The zero-order valence-electron chi connectivity index (χ0n) is 15.0. The number of pyridine rings is 1. The molecule has 4 rings (SSSR count). The molecule has 7 nitrogen and oxygen atoms in total. The highest BCUT2D eigenvalue weighted by Gasteiger charge is 2.29. The molecular weight excluding hydrogens is 330 g/mol. The summed E-state index contributed by atoms with van der Waals surface area (Å²) < 4.78 is 7.85. The van der Waals surface area contributed by atoms with Crippen LogP contribution in [0.15, 0.2) is 36.2 Å². The minimum atomic E-state index is 0.113. The Bertz CT molecular complexity index is 815. The average Bonchev–Trinajstić information content (AvgIpc) is 3.28. The van der Waals surface area contributed by atoms with Crippen molar-refractivity contribution < 1.29 is 9.53 Å². The number of ether oxygens (including phenoxy) is 1. The second kappa shape index (κ2) is 7.27. The van der Waals surface area contributed by atoms with E-state index in [2.05, 4.69) is 32.7 Å². The van der Waals surface area contributed by atoms with Crippen LogP contribution in [0.25, 0.3) is 0 Å². The van der Waals surface area contributed by atoms with Crippen LogP contribution in [-0.2, 0) is 24.4 Å². The first kappa shape index (κ1) is 16.8. The Labute approximate surface area is 152 Å². The van der Waals surface area contributed by atoms with E-state index in [1.807, 2.05) is 17.0 Å². The fourth-order valence-corrected chi connectivity index (χ4v) is 3.62. The molecule has 1 aliphatic heterocycles. The summed E-state index contributed by atoms with van der Waals surface area (Å²) in [6.07, 6.45) is 9.19. The first-order chi connectivity index (χ1) is 12.7. The Morgan fingerprint density at radius 2 is 2.27 bits per heavy atom. The molecule has 0 unspecified atom stereocenters. The quantitative estimate of drug-likeness (QED) is 0.842. The summed E-state index contributed by atoms with van der Waals surface area (Å²) in [6.45, 7) is 3.79. The molecule has 0 saturated heterocycles. The van der Waals surface area contributed by atoms with Crippen molar-refractivity contribution in [3.05, 3.63) is 47.8 Å². The highest BCUT2D eigenvalue weighted by atomic mass is 16.5. The van der Waals surface area contributed by atoms with Crippen molar-refractivity contribution in [1.29, 1.82) is 0 Å². The Balaban J connectivity index is 1.46. The van der Waals surface area contributed by atoms with Crippen molar-refractivity contribution in [2.75, 3.05) is 6.54 Å². The summed E-state index contributed by atoms with van der Waals surface area (Å²) in [7, 11) is 0. The van der Waals surface area contributed by atoms with Crippen molar-refractivity contribution in [2.45, 2.75) is 51.8 Å². The minimum absolute atomic E-state index is 0.113. The van der Waals surface area contributed by atoms with Gasteiger partial charge >= 0.3 is 0 Å². The monoisotopic (exact) mass is 353 g/mol. The maximum absolute atomic E-state index is 12.8. The van der Waals surface area contributed by atoms with Gasteiger partial charge in [-0.05, 0) is 38.3 Å². The van der Waals surface area contributed by atoms with E-state index >= 15 is 0 Å². The number of amides is 1. The van der Waals surface area contributed by atoms with E-state index in [-0.39, 0.29) is 11.9 Å². The lowest BCUT2D eigenvalue weighted by atomic mass is 10.1. The molecule has 1 amide bonds. The van der Waals surface area contributed by atoms with Gasteiger partial charge in [0.1, 0.15) is 18.2 Å². The lowest BCUT2D eigenvalue weighted by molar-refractivity contribution is -0.129. The second-order valence-corrected chi connectivity index (χ2v) is 6.83. The molecule has 0 fully saturated rings. The number of hydrogen-bond donors (Lipinski definition) is 0. The highest BCUT2D eigenvalue weighted by molar-refractivity contribution is 5.94. The number of hydrogen-bond acceptors (Lipinski definition) is 5. The van der Waals surface area contributed by atoms with Gasteiger partial charge in [0, 0.05) is 37.3 Å². The maximum atomic E-state index is 12.8. The Morgan fingerprint density at radius 3 is 3.04 bits per heavy atom. The van der Waals surface area contributed by atoms with Crippen molar-refractivity contribution in [2.24, 2.45) is 0 Å². The summed E-state index contributed by atoms with van der Waals surface area (Å²) >= 11 is 0. The molecule has 2 aromatic rings. The molecule has 0 saturated carbocycles. The van der Waals surface area contributed by atoms with Crippen molar-refractivity contribution in [3.63, 3.8) is 0 Å². The van der Waals surface area contributed by atoms with Crippen LogP contribution < -0.4 is 4.74 Å². The molecule has 0 bridgehead atoms. The zero-order valence-corrected chi connectivity index (χ0v) is 15.0. The smallest absolute Gasteiger partial charge is 0.249 e. The topological polar surface area (TPSA) is 73.1 Å². The molecule has 0 aromatic carbocycles. The first-order valence-electron chi connectivity index (χ1n) is 9.16. The van der Waals surface area contributed by atoms with Crippen molar-refractivity contribution >= 4 is 5.91 Å². The summed E-state index contributed by atoms with van der Waals surface area (Å²) in [6, 6.07) is 3.81. The summed E-state index contributed by atoms with van der Waals surface area (Å²) in [4.78, 5) is 18.8. The van der Waals surface area contributed by atoms with Gasteiger partial charge in [-0.3, -0.25) is 9.78 Å². The number of nitrogens with zero attached hydrogens (tertiary/aromatic N) is 5. The molecule has 2 aliphatic rings. The van der Waals surface area contributed by atoms with Crippen LogP contribution in [0.5, 0.6) is 5.75 Å². The SMILES string of the molecule is C[C@@H]1Cc2nnc(COc3cccnc3)n2CCN1C(=O)C1=CCCC1. The van der Waals surface area contributed by atoms with E-state index in [0.717, 1.165) is 36.5 Å². The van der Waals surface area contributed by atoms with E-state index in [1.54, 1.807) is 12.4 Å². The lowest BCUT2D eigenvalue weighted by Crippen LogP contribution is -2.40. The van der Waals surface area contributed by atoms with Crippen LogP contribution in [0.3, 0.4) is 0 Å². The van der Waals surface area contributed by atoms with E-state index < -0.39 is 0 Å². The van der Waals surface area contributed by atoms with Crippen LogP contribution in [0.1, 0.15) is 37.8 Å². The second-order valence-electron chi connectivity index (χ2n) is 6.83. The van der Waals surface area contributed by atoms with Crippen LogP contribution in [0.4, 0.5) is 0 Å². The van der Waals surface area contributed by atoms with Gasteiger partial charge in [-0.1, -0.05) is 6.08 Å².